The molecule has 0 N–H and O–H groups in total. The van der Waals surface area contributed by atoms with Crippen molar-refractivity contribution in [2.24, 2.45) is 5.92 Å². The number of methoxy groups -OCH3 is 1. The summed E-state index contributed by atoms with van der Waals surface area (Å²) in [6.45, 7) is 13.4. The lowest BCUT2D eigenvalue weighted by molar-refractivity contribution is 0.0651. The molecule has 0 aliphatic heterocycles. The van der Waals surface area contributed by atoms with Crippen molar-refractivity contribution in [2.45, 2.75) is 58.0 Å². The van der Waals surface area contributed by atoms with Gasteiger partial charge in [-0.15, -0.1) is 6.58 Å². The Kier molecular flexibility index (Phi) is 7.19. The maximum atomic E-state index is 5.60. The number of ether oxygens (including phenoxy) is 1. The number of rotatable bonds is 8. The van der Waals surface area contributed by atoms with Crippen molar-refractivity contribution in [2.75, 3.05) is 7.11 Å². The topological polar surface area (TPSA) is 9.23 Å². The normalized spacial score (nSPS) is 16.1. The maximum Gasteiger partial charge on any atom is 0.0631 e. The molecule has 0 saturated carbocycles. The number of hydrogen-bond acceptors (Lipinski definition) is 1. The van der Waals surface area contributed by atoms with E-state index in [-0.39, 0.29) is 0 Å². The summed E-state index contributed by atoms with van der Waals surface area (Å²) >= 11 is 0. The van der Waals surface area contributed by atoms with Gasteiger partial charge in [0.05, 0.1) is 6.10 Å². The van der Waals surface area contributed by atoms with Crippen molar-refractivity contribution < 1.29 is 4.74 Å². The molecule has 0 aromatic heterocycles. The average Bonchev–Trinajstić information content (AvgIpc) is 2.15. The molecular formula is C13H28OSi. The minimum absolute atomic E-state index is 0.383. The second-order valence-corrected chi connectivity index (χ2v) is 11.1. The van der Waals surface area contributed by atoms with Gasteiger partial charge in [0.2, 0.25) is 0 Å². The zero-order valence-electron chi connectivity index (χ0n) is 11.2. The Hall–Kier alpha value is -0.0831. The highest BCUT2D eigenvalue weighted by Gasteiger charge is 2.24. The number of unbranched alkanes of at least 4 members (excludes halogenated alkanes) is 1. The van der Waals surface area contributed by atoms with Gasteiger partial charge in [-0.3, -0.25) is 0 Å². The quantitative estimate of drug-likeness (QED) is 0.444. The van der Waals surface area contributed by atoms with Crippen molar-refractivity contribution >= 4 is 8.07 Å². The van der Waals surface area contributed by atoms with E-state index in [0.717, 1.165) is 0 Å². The van der Waals surface area contributed by atoms with Gasteiger partial charge in [-0.05, 0) is 12.5 Å². The highest BCUT2D eigenvalue weighted by molar-refractivity contribution is 6.76. The van der Waals surface area contributed by atoms with E-state index < -0.39 is 8.07 Å². The van der Waals surface area contributed by atoms with E-state index in [1.54, 1.807) is 0 Å². The molecule has 0 aliphatic rings. The molecular weight excluding hydrogens is 200 g/mol. The van der Waals surface area contributed by atoms with Crippen LogP contribution >= 0.6 is 0 Å². The molecule has 0 bridgehead atoms. The zero-order valence-corrected chi connectivity index (χ0v) is 12.2. The molecule has 2 heteroatoms. The highest BCUT2D eigenvalue weighted by Crippen LogP contribution is 2.25. The van der Waals surface area contributed by atoms with E-state index in [1.807, 2.05) is 7.11 Å². The van der Waals surface area contributed by atoms with E-state index in [1.165, 1.54) is 25.3 Å². The molecule has 0 aliphatic carbocycles. The van der Waals surface area contributed by atoms with E-state index in [9.17, 15) is 0 Å². The van der Waals surface area contributed by atoms with Crippen LogP contribution in [0.15, 0.2) is 12.7 Å². The van der Waals surface area contributed by atoms with E-state index in [2.05, 4.69) is 39.2 Å². The van der Waals surface area contributed by atoms with Crippen molar-refractivity contribution in [3.63, 3.8) is 0 Å². The van der Waals surface area contributed by atoms with Crippen molar-refractivity contribution in [1.82, 2.24) is 0 Å². The minimum Gasteiger partial charge on any atom is -0.381 e. The van der Waals surface area contributed by atoms with Crippen molar-refractivity contribution in [1.29, 1.82) is 0 Å². The third kappa shape index (κ3) is 6.91. The monoisotopic (exact) mass is 228 g/mol. The molecule has 1 nitrogen and oxygen atoms in total. The van der Waals surface area contributed by atoms with Gasteiger partial charge in [-0.1, -0.05) is 45.5 Å². The molecule has 0 rings (SSSR count). The van der Waals surface area contributed by atoms with E-state index in [4.69, 9.17) is 4.74 Å². The smallest absolute Gasteiger partial charge is 0.0631 e. The fourth-order valence-electron chi connectivity index (χ4n) is 1.99. The maximum absolute atomic E-state index is 5.60. The summed E-state index contributed by atoms with van der Waals surface area (Å²) < 4.78 is 5.60. The predicted molar refractivity (Wildman–Crippen MR) is 72.2 cm³/mol. The Balaban J connectivity index is 4.27. The molecule has 90 valence electrons. The predicted octanol–water partition coefficient (Wildman–Crippen LogP) is 4.33. The molecule has 0 spiro atoms. The molecule has 0 heterocycles. The van der Waals surface area contributed by atoms with Gasteiger partial charge in [0, 0.05) is 21.1 Å². The standard InChI is InChI=1S/C13H28OSi/c1-7-9-10-13(14-3)12(8-2)11-15(4,5)6/h8,12-13H,2,7,9-11H2,1,3-6H3. The highest BCUT2D eigenvalue weighted by atomic mass is 28.3. The molecule has 0 fully saturated rings. The fourth-order valence-corrected chi connectivity index (χ4v) is 3.83. The van der Waals surface area contributed by atoms with Gasteiger partial charge in [0.1, 0.15) is 0 Å². The SMILES string of the molecule is C=CC(C[Si](C)(C)C)C(CCCC)OC. The molecule has 0 radical (unpaired) electrons. The van der Waals surface area contributed by atoms with Gasteiger partial charge in [0.15, 0.2) is 0 Å². The average molecular weight is 228 g/mol. The second kappa shape index (κ2) is 7.23. The fraction of sp³-hybridized carbons (Fsp3) is 0.846. The molecule has 0 aromatic rings. The van der Waals surface area contributed by atoms with Gasteiger partial charge >= 0.3 is 0 Å². The summed E-state index contributed by atoms with van der Waals surface area (Å²) in [5.41, 5.74) is 0. The lowest BCUT2D eigenvalue weighted by atomic mass is 9.99. The first-order valence-electron chi connectivity index (χ1n) is 6.10. The molecule has 2 unspecified atom stereocenters. The molecule has 0 aromatic carbocycles. The minimum atomic E-state index is -1.01. The van der Waals surface area contributed by atoms with E-state index in [0.29, 0.717) is 12.0 Å². The largest absolute Gasteiger partial charge is 0.381 e. The summed E-state index contributed by atoms with van der Waals surface area (Å²) in [5, 5.41) is 0. The first-order chi connectivity index (χ1) is 6.94. The van der Waals surface area contributed by atoms with Crippen LogP contribution in [-0.4, -0.2) is 21.3 Å². The van der Waals surface area contributed by atoms with Crippen LogP contribution in [0.4, 0.5) is 0 Å². The summed E-state index contributed by atoms with van der Waals surface area (Å²) in [5.74, 6) is 0.549. The number of hydrogen-bond donors (Lipinski definition) is 0. The molecule has 15 heavy (non-hydrogen) atoms. The Labute approximate surface area is 96.9 Å². The molecule has 0 saturated heterocycles. The van der Waals surface area contributed by atoms with Gasteiger partial charge in [-0.25, -0.2) is 0 Å². The van der Waals surface area contributed by atoms with Crippen LogP contribution in [0.3, 0.4) is 0 Å². The van der Waals surface area contributed by atoms with Crippen LogP contribution in [0, 0.1) is 5.92 Å². The Morgan fingerprint density at radius 3 is 2.27 bits per heavy atom. The third-order valence-corrected chi connectivity index (χ3v) is 4.47. The van der Waals surface area contributed by atoms with Crippen LogP contribution in [-0.2, 0) is 4.74 Å². The zero-order chi connectivity index (χ0) is 11.9. The lowest BCUT2D eigenvalue weighted by Crippen LogP contribution is -2.30. The summed E-state index contributed by atoms with van der Waals surface area (Å²) in [4.78, 5) is 0. The molecule has 2 atom stereocenters. The van der Waals surface area contributed by atoms with E-state index >= 15 is 0 Å². The van der Waals surface area contributed by atoms with Gasteiger partial charge in [0.25, 0.3) is 0 Å². The second-order valence-electron chi connectivity index (χ2n) is 5.58. The first kappa shape index (κ1) is 14.9. The van der Waals surface area contributed by atoms with Crippen LogP contribution < -0.4 is 0 Å². The molecule has 0 amide bonds. The van der Waals surface area contributed by atoms with Gasteiger partial charge in [-0.2, -0.15) is 0 Å². The first-order valence-corrected chi connectivity index (χ1v) is 9.80. The van der Waals surface area contributed by atoms with Crippen LogP contribution in [0.5, 0.6) is 0 Å². The Bertz CT molecular complexity index is 172. The lowest BCUT2D eigenvalue weighted by Gasteiger charge is -2.28. The van der Waals surface area contributed by atoms with Crippen LogP contribution in [0.2, 0.25) is 25.7 Å². The summed E-state index contributed by atoms with van der Waals surface area (Å²) in [7, 11) is 0.824. The summed E-state index contributed by atoms with van der Waals surface area (Å²) in [6, 6.07) is 1.29. The van der Waals surface area contributed by atoms with Crippen LogP contribution in [0.1, 0.15) is 26.2 Å². The Morgan fingerprint density at radius 2 is 1.93 bits per heavy atom. The third-order valence-electron chi connectivity index (χ3n) is 2.77. The van der Waals surface area contributed by atoms with Crippen LogP contribution in [0.25, 0.3) is 0 Å². The Morgan fingerprint density at radius 1 is 1.33 bits per heavy atom. The summed E-state index contributed by atoms with van der Waals surface area (Å²) in [6.07, 6.45) is 6.16. The van der Waals surface area contributed by atoms with Crippen molar-refractivity contribution in [3.8, 4) is 0 Å². The van der Waals surface area contributed by atoms with Crippen molar-refractivity contribution in [3.05, 3.63) is 12.7 Å². The van der Waals surface area contributed by atoms with Gasteiger partial charge < -0.3 is 4.74 Å².